The minimum atomic E-state index is -0.832. The number of hydrogen-bond donors (Lipinski definition) is 2. The van der Waals surface area contributed by atoms with Crippen molar-refractivity contribution >= 4 is 50.7 Å². The topological polar surface area (TPSA) is 46.2 Å². The quantitative estimate of drug-likeness (QED) is 0.730. The van der Waals surface area contributed by atoms with E-state index in [4.69, 9.17) is 40.5 Å². The van der Waals surface area contributed by atoms with E-state index in [1.165, 1.54) is 0 Å². The van der Waals surface area contributed by atoms with Crippen LogP contribution in [0, 0.1) is 0 Å². The molecule has 2 rings (SSSR count). The first kappa shape index (κ1) is 17.1. The highest BCUT2D eigenvalue weighted by Crippen LogP contribution is 2.38. The zero-order chi connectivity index (χ0) is 15.6. The van der Waals surface area contributed by atoms with Crippen LogP contribution in [0.4, 0.5) is 0 Å². The van der Waals surface area contributed by atoms with Gasteiger partial charge in [0, 0.05) is 32.0 Å². The standard InChI is InChI=1S/C15H13BrCl3NO/c16-13-4-2-8(17)5-11(13)15(21)12(7-20)10-3-1-9(18)6-14(10)19/h1-6,12,15,21H,7,20H2. The van der Waals surface area contributed by atoms with Crippen molar-refractivity contribution in [2.75, 3.05) is 6.54 Å². The number of aliphatic hydroxyl groups is 1. The lowest BCUT2D eigenvalue weighted by atomic mass is 9.89. The Hall–Kier alpha value is -0.290. The number of halogens is 4. The molecule has 112 valence electrons. The summed E-state index contributed by atoms with van der Waals surface area (Å²) in [5.41, 5.74) is 7.26. The third kappa shape index (κ3) is 3.92. The van der Waals surface area contributed by atoms with Gasteiger partial charge in [-0.1, -0.05) is 56.8 Å². The minimum absolute atomic E-state index is 0.238. The van der Waals surface area contributed by atoms with Crippen molar-refractivity contribution in [1.82, 2.24) is 0 Å². The Balaban J connectivity index is 2.43. The molecule has 0 spiro atoms. The third-order valence-corrected chi connectivity index (χ3v) is 4.79. The highest BCUT2D eigenvalue weighted by Gasteiger charge is 2.25. The van der Waals surface area contributed by atoms with Crippen LogP contribution in [0.1, 0.15) is 23.1 Å². The van der Waals surface area contributed by atoms with Crippen LogP contribution in [0.3, 0.4) is 0 Å². The molecule has 21 heavy (non-hydrogen) atoms. The maximum atomic E-state index is 10.7. The van der Waals surface area contributed by atoms with Crippen molar-refractivity contribution < 1.29 is 5.11 Å². The summed E-state index contributed by atoms with van der Waals surface area (Å²) in [6, 6.07) is 10.4. The van der Waals surface area contributed by atoms with Gasteiger partial charge in [0.2, 0.25) is 0 Å². The lowest BCUT2D eigenvalue weighted by Crippen LogP contribution is -2.21. The van der Waals surface area contributed by atoms with Gasteiger partial charge in [-0.15, -0.1) is 0 Å². The van der Waals surface area contributed by atoms with E-state index in [9.17, 15) is 5.11 Å². The van der Waals surface area contributed by atoms with Gasteiger partial charge in [-0.2, -0.15) is 0 Å². The van der Waals surface area contributed by atoms with Gasteiger partial charge in [-0.25, -0.2) is 0 Å². The smallest absolute Gasteiger partial charge is 0.0882 e. The highest BCUT2D eigenvalue weighted by molar-refractivity contribution is 9.10. The Labute approximate surface area is 146 Å². The first-order valence-electron chi connectivity index (χ1n) is 6.22. The van der Waals surface area contributed by atoms with E-state index in [0.717, 1.165) is 10.0 Å². The number of hydrogen-bond acceptors (Lipinski definition) is 2. The molecule has 0 saturated heterocycles. The summed E-state index contributed by atoms with van der Waals surface area (Å²) in [4.78, 5) is 0. The van der Waals surface area contributed by atoms with Crippen LogP contribution in [0.5, 0.6) is 0 Å². The highest BCUT2D eigenvalue weighted by atomic mass is 79.9. The molecular weight excluding hydrogens is 396 g/mol. The predicted molar refractivity (Wildman–Crippen MR) is 92.4 cm³/mol. The van der Waals surface area contributed by atoms with Gasteiger partial charge in [0.1, 0.15) is 0 Å². The molecule has 0 aromatic heterocycles. The van der Waals surface area contributed by atoms with Gasteiger partial charge in [-0.3, -0.25) is 0 Å². The zero-order valence-corrected chi connectivity index (χ0v) is 14.7. The van der Waals surface area contributed by atoms with Gasteiger partial charge in [0.25, 0.3) is 0 Å². The molecule has 0 aliphatic rings. The lowest BCUT2D eigenvalue weighted by molar-refractivity contribution is 0.147. The van der Waals surface area contributed by atoms with E-state index in [1.54, 1.807) is 36.4 Å². The van der Waals surface area contributed by atoms with E-state index in [2.05, 4.69) is 15.9 Å². The van der Waals surface area contributed by atoms with E-state index in [0.29, 0.717) is 20.6 Å². The molecule has 0 amide bonds. The molecule has 0 fully saturated rings. The van der Waals surface area contributed by atoms with Gasteiger partial charge in [-0.05, 0) is 41.5 Å². The van der Waals surface area contributed by atoms with Gasteiger partial charge in [0.15, 0.2) is 0 Å². The molecule has 2 unspecified atom stereocenters. The van der Waals surface area contributed by atoms with Crippen molar-refractivity contribution in [3.8, 4) is 0 Å². The molecule has 0 heterocycles. The fourth-order valence-electron chi connectivity index (χ4n) is 2.19. The Bertz CT molecular complexity index is 651. The summed E-state index contributed by atoms with van der Waals surface area (Å²) in [5.74, 6) is -0.357. The molecule has 0 radical (unpaired) electrons. The third-order valence-electron chi connectivity index (χ3n) is 3.27. The number of aliphatic hydroxyl groups excluding tert-OH is 1. The van der Waals surface area contributed by atoms with Crippen LogP contribution in [0.2, 0.25) is 15.1 Å². The van der Waals surface area contributed by atoms with Crippen LogP contribution < -0.4 is 5.73 Å². The maximum Gasteiger partial charge on any atom is 0.0882 e. The van der Waals surface area contributed by atoms with Crippen molar-refractivity contribution in [2.45, 2.75) is 12.0 Å². The number of nitrogens with two attached hydrogens (primary N) is 1. The minimum Gasteiger partial charge on any atom is -0.388 e. The normalized spacial score (nSPS) is 14.0. The van der Waals surface area contributed by atoms with Crippen LogP contribution in [-0.2, 0) is 0 Å². The lowest BCUT2D eigenvalue weighted by Gasteiger charge is -2.24. The Morgan fingerprint density at radius 1 is 1.00 bits per heavy atom. The molecule has 0 aliphatic carbocycles. The molecular formula is C15H13BrCl3NO. The SMILES string of the molecule is NCC(c1ccc(Cl)cc1Cl)C(O)c1cc(Cl)ccc1Br. The van der Waals surface area contributed by atoms with Crippen LogP contribution in [0.25, 0.3) is 0 Å². The maximum absolute atomic E-state index is 10.7. The number of benzene rings is 2. The van der Waals surface area contributed by atoms with Crippen molar-refractivity contribution in [3.63, 3.8) is 0 Å². The van der Waals surface area contributed by atoms with Gasteiger partial charge in [0.05, 0.1) is 6.10 Å². The second kappa shape index (κ2) is 7.32. The Morgan fingerprint density at radius 2 is 1.62 bits per heavy atom. The largest absolute Gasteiger partial charge is 0.388 e. The van der Waals surface area contributed by atoms with Crippen LogP contribution >= 0.6 is 50.7 Å². The molecule has 2 aromatic carbocycles. The van der Waals surface area contributed by atoms with Crippen LogP contribution in [-0.4, -0.2) is 11.7 Å². The van der Waals surface area contributed by atoms with Gasteiger partial charge < -0.3 is 10.8 Å². The molecule has 3 N–H and O–H groups in total. The Kier molecular flexibility index (Phi) is 5.95. The van der Waals surface area contributed by atoms with Gasteiger partial charge >= 0.3 is 0 Å². The van der Waals surface area contributed by atoms with E-state index >= 15 is 0 Å². The fourth-order valence-corrected chi connectivity index (χ4v) is 3.40. The zero-order valence-electron chi connectivity index (χ0n) is 10.9. The average molecular weight is 410 g/mol. The molecule has 0 saturated carbocycles. The summed E-state index contributed by atoms with van der Waals surface area (Å²) in [7, 11) is 0. The van der Waals surface area contributed by atoms with E-state index < -0.39 is 6.10 Å². The second-order valence-electron chi connectivity index (χ2n) is 4.62. The summed E-state index contributed by atoms with van der Waals surface area (Å²) in [6.45, 7) is 0.238. The van der Waals surface area contributed by atoms with E-state index in [1.807, 2.05) is 0 Å². The monoisotopic (exact) mass is 407 g/mol. The number of rotatable bonds is 4. The van der Waals surface area contributed by atoms with Crippen molar-refractivity contribution in [1.29, 1.82) is 0 Å². The molecule has 0 aliphatic heterocycles. The van der Waals surface area contributed by atoms with Crippen LogP contribution in [0.15, 0.2) is 40.9 Å². The van der Waals surface area contributed by atoms with Crippen molar-refractivity contribution in [2.24, 2.45) is 5.73 Å². The summed E-state index contributed by atoms with van der Waals surface area (Å²) >= 11 is 21.5. The predicted octanol–water partition coefficient (Wildman–Crippen LogP) is 5.19. The van der Waals surface area contributed by atoms with Crippen molar-refractivity contribution in [3.05, 3.63) is 67.1 Å². The molecule has 2 atom stereocenters. The summed E-state index contributed by atoms with van der Waals surface area (Å²) in [5, 5.41) is 12.2. The van der Waals surface area contributed by atoms with E-state index in [-0.39, 0.29) is 12.5 Å². The fraction of sp³-hybridized carbons (Fsp3) is 0.200. The Morgan fingerprint density at radius 3 is 2.24 bits per heavy atom. The summed E-state index contributed by atoms with van der Waals surface area (Å²) < 4.78 is 0.767. The molecule has 6 heteroatoms. The summed E-state index contributed by atoms with van der Waals surface area (Å²) in [6.07, 6.45) is -0.832. The first-order valence-corrected chi connectivity index (χ1v) is 8.14. The second-order valence-corrected chi connectivity index (χ2v) is 6.75. The molecule has 2 nitrogen and oxygen atoms in total. The average Bonchev–Trinajstić information content (AvgIpc) is 2.44. The molecule has 0 bridgehead atoms. The first-order chi connectivity index (χ1) is 9.93. The molecule has 2 aromatic rings.